The number of carbonyl (C=O) groups excluding carboxylic acids is 2. The van der Waals surface area contributed by atoms with Gasteiger partial charge in [-0.1, -0.05) is 0 Å². The summed E-state index contributed by atoms with van der Waals surface area (Å²) in [5.74, 6) is -1.62. The molecule has 150 valence electrons. The van der Waals surface area contributed by atoms with Crippen molar-refractivity contribution >= 4 is 39.6 Å². The van der Waals surface area contributed by atoms with Gasteiger partial charge in [-0.25, -0.2) is 4.79 Å². The molecule has 1 aromatic heterocycles. The van der Waals surface area contributed by atoms with Crippen LogP contribution in [0.1, 0.15) is 45.0 Å². The highest BCUT2D eigenvalue weighted by Crippen LogP contribution is 2.34. The molecule has 12 heteroatoms. The second-order valence-electron chi connectivity index (χ2n) is 6.00. The van der Waals surface area contributed by atoms with Gasteiger partial charge < -0.3 is 10.1 Å². The molecule has 2 aromatic rings. The number of nitro groups is 2. The lowest BCUT2D eigenvalue weighted by atomic mass is 10.1. The van der Waals surface area contributed by atoms with Crippen molar-refractivity contribution in [2.75, 3.05) is 5.32 Å². The van der Waals surface area contributed by atoms with Crippen molar-refractivity contribution in [3.8, 4) is 6.07 Å². The van der Waals surface area contributed by atoms with E-state index in [9.17, 15) is 35.1 Å². The summed E-state index contributed by atoms with van der Waals surface area (Å²) in [5.41, 5.74) is -1.42. The fourth-order valence-corrected chi connectivity index (χ4v) is 3.38. The normalized spacial score (nSPS) is 10.3. The van der Waals surface area contributed by atoms with Crippen molar-refractivity contribution in [1.29, 1.82) is 5.26 Å². The van der Waals surface area contributed by atoms with Crippen molar-refractivity contribution in [2.24, 2.45) is 0 Å². The first-order chi connectivity index (χ1) is 13.6. The molecule has 2 rings (SSSR count). The molecule has 0 atom stereocenters. The van der Waals surface area contributed by atoms with Crippen LogP contribution in [0.2, 0.25) is 0 Å². The van der Waals surface area contributed by atoms with E-state index in [2.05, 4.69) is 5.32 Å². The van der Waals surface area contributed by atoms with E-state index in [1.165, 1.54) is 6.92 Å². The van der Waals surface area contributed by atoms with Gasteiger partial charge in [0.1, 0.15) is 21.5 Å². The van der Waals surface area contributed by atoms with E-state index < -0.39 is 44.8 Å². The first-order valence-corrected chi connectivity index (χ1v) is 8.87. The average Bonchev–Trinajstić information content (AvgIpc) is 2.95. The molecular formula is C17H14N4O7S. The van der Waals surface area contributed by atoms with Gasteiger partial charge in [0.05, 0.1) is 27.6 Å². The maximum absolute atomic E-state index is 12.6. The molecule has 29 heavy (non-hydrogen) atoms. The van der Waals surface area contributed by atoms with E-state index in [1.54, 1.807) is 13.8 Å². The first kappa shape index (κ1) is 21.5. The molecular weight excluding hydrogens is 404 g/mol. The molecule has 0 bridgehead atoms. The Morgan fingerprint density at radius 2 is 1.90 bits per heavy atom. The fraction of sp³-hybridized carbons (Fsp3) is 0.235. The number of thiophene rings is 1. The molecule has 11 nitrogen and oxygen atoms in total. The van der Waals surface area contributed by atoms with Crippen LogP contribution in [0.3, 0.4) is 0 Å². The van der Waals surface area contributed by atoms with Gasteiger partial charge in [-0.2, -0.15) is 5.26 Å². The number of anilines is 1. The molecule has 0 fully saturated rings. The number of nitrogens with zero attached hydrogens (tertiary/aromatic N) is 3. The predicted octanol–water partition coefficient (Wildman–Crippen LogP) is 3.56. The van der Waals surface area contributed by atoms with Crippen molar-refractivity contribution in [1.82, 2.24) is 0 Å². The van der Waals surface area contributed by atoms with Gasteiger partial charge >= 0.3 is 5.97 Å². The van der Waals surface area contributed by atoms with Gasteiger partial charge in [0.2, 0.25) is 0 Å². The van der Waals surface area contributed by atoms with Crippen molar-refractivity contribution in [2.45, 2.75) is 26.9 Å². The number of hydrogen-bond donors (Lipinski definition) is 1. The van der Waals surface area contributed by atoms with E-state index in [0.717, 1.165) is 23.5 Å². The number of carbonyl (C=O) groups is 2. The van der Waals surface area contributed by atoms with Crippen LogP contribution in [0, 0.1) is 38.5 Å². The molecule has 1 aromatic carbocycles. The number of nitrogens with one attached hydrogen (secondary N) is 1. The Labute approximate surface area is 167 Å². The van der Waals surface area contributed by atoms with Crippen molar-refractivity contribution < 1.29 is 24.2 Å². The topological polar surface area (TPSA) is 165 Å². The minimum absolute atomic E-state index is 0.0124. The third-order valence-corrected chi connectivity index (χ3v) is 4.83. The zero-order valence-corrected chi connectivity index (χ0v) is 16.2. The summed E-state index contributed by atoms with van der Waals surface area (Å²) >= 11 is 0.799. The van der Waals surface area contributed by atoms with Crippen molar-refractivity contribution in [3.63, 3.8) is 0 Å². The Balaban J connectivity index is 2.44. The number of esters is 1. The molecule has 0 spiro atoms. The largest absolute Gasteiger partial charge is 0.459 e. The molecule has 0 saturated heterocycles. The van der Waals surface area contributed by atoms with Crippen LogP contribution in [0.25, 0.3) is 0 Å². The Morgan fingerprint density at radius 1 is 1.24 bits per heavy atom. The number of non-ortho nitro benzene ring substituents is 1. The number of amides is 1. The molecule has 1 heterocycles. The third-order valence-electron chi connectivity index (χ3n) is 3.65. The quantitative estimate of drug-likeness (QED) is 0.422. The van der Waals surface area contributed by atoms with Crippen LogP contribution in [-0.4, -0.2) is 27.8 Å². The standard InChI is InChI=1S/C17H14N4O7S/c1-8(2)28-17(23)14-9(3)12(7-18)16(29-14)19-15(22)11-5-4-10(20(24)25)6-13(11)21(26)27/h4-6,8H,1-3H3,(H,19,22). The van der Waals surface area contributed by atoms with Gasteiger partial charge in [0.25, 0.3) is 17.3 Å². The summed E-state index contributed by atoms with van der Waals surface area (Å²) in [4.78, 5) is 45.1. The van der Waals surface area contributed by atoms with Gasteiger partial charge in [0, 0.05) is 6.07 Å². The van der Waals surface area contributed by atoms with Gasteiger partial charge in [-0.05, 0) is 32.4 Å². The lowest BCUT2D eigenvalue weighted by Gasteiger charge is -2.06. The number of nitriles is 1. The molecule has 1 N–H and O–H groups in total. The summed E-state index contributed by atoms with van der Waals surface area (Å²) in [6, 6.07) is 4.45. The molecule has 0 radical (unpaired) electrons. The van der Waals surface area contributed by atoms with Gasteiger partial charge in [-0.15, -0.1) is 11.3 Å². The molecule has 0 aliphatic carbocycles. The van der Waals surface area contributed by atoms with Crippen molar-refractivity contribution in [3.05, 3.63) is 60.0 Å². The number of benzene rings is 1. The second-order valence-corrected chi connectivity index (χ2v) is 7.02. The zero-order chi connectivity index (χ0) is 21.9. The maximum atomic E-state index is 12.6. The molecule has 1 amide bonds. The molecule has 0 aliphatic heterocycles. The number of ether oxygens (including phenoxy) is 1. The minimum Gasteiger partial charge on any atom is -0.459 e. The lowest BCUT2D eigenvalue weighted by molar-refractivity contribution is -0.394. The van der Waals surface area contributed by atoms with E-state index >= 15 is 0 Å². The minimum atomic E-state index is -0.951. The summed E-state index contributed by atoms with van der Waals surface area (Å²) in [7, 11) is 0. The van der Waals surface area contributed by atoms with Gasteiger partial charge in [0.15, 0.2) is 0 Å². The Bertz CT molecular complexity index is 1070. The second kappa shape index (κ2) is 8.44. The highest BCUT2D eigenvalue weighted by atomic mass is 32.1. The highest BCUT2D eigenvalue weighted by molar-refractivity contribution is 7.18. The predicted molar refractivity (Wildman–Crippen MR) is 102 cm³/mol. The summed E-state index contributed by atoms with van der Waals surface area (Å²) < 4.78 is 5.10. The van der Waals surface area contributed by atoms with Crippen LogP contribution in [0.5, 0.6) is 0 Å². The average molecular weight is 418 g/mol. The Kier molecular flexibility index (Phi) is 6.25. The lowest BCUT2D eigenvalue weighted by Crippen LogP contribution is -2.14. The monoisotopic (exact) mass is 418 g/mol. The Hall–Kier alpha value is -3.85. The van der Waals surface area contributed by atoms with E-state index in [4.69, 9.17) is 4.74 Å². The smallest absolute Gasteiger partial charge is 0.348 e. The number of rotatable bonds is 6. The SMILES string of the molecule is Cc1c(C(=O)OC(C)C)sc(NC(=O)c2ccc([N+](=O)[O-])cc2[N+](=O)[O-])c1C#N. The van der Waals surface area contributed by atoms with Crippen LogP contribution >= 0.6 is 11.3 Å². The van der Waals surface area contributed by atoms with E-state index in [1.807, 2.05) is 6.07 Å². The number of nitro benzene ring substituents is 2. The van der Waals surface area contributed by atoms with Crippen LogP contribution in [0.15, 0.2) is 18.2 Å². The van der Waals surface area contributed by atoms with Crippen LogP contribution in [-0.2, 0) is 4.74 Å². The number of hydrogen-bond acceptors (Lipinski definition) is 9. The summed E-state index contributed by atoms with van der Waals surface area (Å²) in [5, 5.41) is 33.8. The van der Waals surface area contributed by atoms with Gasteiger partial charge in [-0.3, -0.25) is 25.0 Å². The van der Waals surface area contributed by atoms with Crippen LogP contribution < -0.4 is 5.32 Å². The zero-order valence-electron chi connectivity index (χ0n) is 15.4. The summed E-state index contributed by atoms with van der Waals surface area (Å²) in [6.45, 7) is 4.82. The molecule has 0 aliphatic rings. The highest BCUT2D eigenvalue weighted by Gasteiger charge is 2.27. The maximum Gasteiger partial charge on any atom is 0.348 e. The van der Waals surface area contributed by atoms with Crippen LogP contribution in [0.4, 0.5) is 16.4 Å². The Morgan fingerprint density at radius 3 is 2.41 bits per heavy atom. The van der Waals surface area contributed by atoms with E-state index in [-0.39, 0.29) is 15.4 Å². The molecule has 0 saturated carbocycles. The third kappa shape index (κ3) is 4.53. The summed E-state index contributed by atoms with van der Waals surface area (Å²) in [6.07, 6.45) is -0.393. The molecule has 0 unspecified atom stereocenters. The first-order valence-electron chi connectivity index (χ1n) is 8.05. The fourth-order valence-electron chi connectivity index (χ4n) is 2.35. The van der Waals surface area contributed by atoms with E-state index in [0.29, 0.717) is 11.6 Å².